The van der Waals surface area contributed by atoms with Gasteiger partial charge in [0.05, 0.1) is 20.2 Å². The van der Waals surface area contributed by atoms with Crippen molar-refractivity contribution in [2.45, 2.75) is 77.3 Å². The summed E-state index contributed by atoms with van der Waals surface area (Å²) in [7, 11) is 1.62. The van der Waals surface area contributed by atoms with Crippen molar-refractivity contribution in [2.24, 2.45) is 5.41 Å². The van der Waals surface area contributed by atoms with Crippen LogP contribution in [0.4, 0.5) is 4.79 Å². The van der Waals surface area contributed by atoms with Gasteiger partial charge in [-0.15, -0.1) is 0 Å². The Hall–Kier alpha value is -6.17. The van der Waals surface area contributed by atoms with Crippen LogP contribution in [0.15, 0.2) is 133 Å². The van der Waals surface area contributed by atoms with Crippen molar-refractivity contribution in [2.75, 3.05) is 20.2 Å². The zero-order chi connectivity index (χ0) is 41.5. The Morgan fingerprint density at radius 1 is 0.917 bits per heavy atom. The first-order valence-corrected chi connectivity index (χ1v) is 20.9. The summed E-state index contributed by atoms with van der Waals surface area (Å²) >= 11 is 0. The lowest BCUT2D eigenvalue weighted by molar-refractivity contribution is -0.160. The summed E-state index contributed by atoms with van der Waals surface area (Å²) in [6.45, 7) is 6.99. The highest BCUT2D eigenvalue weighted by molar-refractivity contribution is 5.92. The number of nitrogens with zero attached hydrogens (tertiary/aromatic N) is 4. The molecule has 0 bridgehead atoms. The lowest BCUT2D eigenvalue weighted by Gasteiger charge is -2.48. The zero-order valence-corrected chi connectivity index (χ0v) is 34.6. The van der Waals surface area contributed by atoms with E-state index in [2.05, 4.69) is 103 Å². The van der Waals surface area contributed by atoms with E-state index < -0.39 is 17.6 Å². The van der Waals surface area contributed by atoms with E-state index in [1.165, 1.54) is 16.3 Å². The molecule has 60 heavy (non-hydrogen) atoms. The molecule has 5 atom stereocenters. The quantitative estimate of drug-likeness (QED) is 0.125. The number of hydrogen-bond donors (Lipinski definition) is 2. The van der Waals surface area contributed by atoms with Gasteiger partial charge in [0.2, 0.25) is 11.8 Å². The van der Waals surface area contributed by atoms with Crippen LogP contribution in [-0.4, -0.2) is 82.3 Å². The zero-order valence-electron chi connectivity index (χ0n) is 34.6. The van der Waals surface area contributed by atoms with E-state index in [4.69, 9.17) is 9.47 Å². The normalized spacial score (nSPS) is 23.9. The monoisotopic (exact) mass is 804 g/mol. The van der Waals surface area contributed by atoms with Gasteiger partial charge in [-0.05, 0) is 88.5 Å². The molecule has 4 amide bonds. The third kappa shape index (κ3) is 7.71. The molecule has 3 aliphatic heterocycles. The molecule has 5 aromatic rings. The molecule has 3 heterocycles. The molecule has 308 valence electrons. The topological polar surface area (TPSA) is 110 Å². The number of hydrogen-bond acceptors (Lipinski definition) is 7. The Kier molecular flexibility index (Phi) is 10.6. The van der Waals surface area contributed by atoms with E-state index in [9.17, 15) is 14.4 Å². The van der Waals surface area contributed by atoms with Crippen molar-refractivity contribution >= 4 is 39.4 Å². The Bertz CT molecular complexity index is 2490. The average molecular weight is 805 g/mol. The molecular formula is C49H52N6O5. The number of piperazine rings is 1. The minimum Gasteiger partial charge on any atom is -0.497 e. The summed E-state index contributed by atoms with van der Waals surface area (Å²) in [5, 5.41) is 14.7. The third-order valence-corrected chi connectivity index (χ3v) is 12.4. The maximum Gasteiger partial charge on any atom is 0.332 e. The smallest absolute Gasteiger partial charge is 0.332 e. The van der Waals surface area contributed by atoms with Crippen molar-refractivity contribution in [3.8, 4) is 5.75 Å². The van der Waals surface area contributed by atoms with Crippen molar-refractivity contribution in [3.63, 3.8) is 0 Å². The SMILES string of the molecule is COc1ccc(CNC(=O)N(C(C)C)N2CC(=O)N3[C@@H](CC4(C)C=CC(NC5OC5c5cccc6ccccc56)=CC4)C(=O)N(Cc4cccc5ccccc45)C[C@@H]32)cc1. The average Bonchev–Trinajstić information content (AvgIpc) is 3.95. The second-order valence-corrected chi connectivity index (χ2v) is 16.9. The second kappa shape index (κ2) is 16.1. The number of rotatable bonds is 12. The van der Waals surface area contributed by atoms with E-state index in [1.807, 2.05) is 66.2 Å². The highest BCUT2D eigenvalue weighted by Gasteiger charge is 2.54. The van der Waals surface area contributed by atoms with Gasteiger partial charge in [0, 0.05) is 24.8 Å². The molecule has 0 spiro atoms. The number of amides is 4. The highest BCUT2D eigenvalue weighted by Crippen LogP contribution is 2.43. The summed E-state index contributed by atoms with van der Waals surface area (Å²) in [5.74, 6) is 0.494. The Morgan fingerprint density at radius 3 is 2.33 bits per heavy atom. The molecule has 0 saturated carbocycles. The van der Waals surface area contributed by atoms with Crippen molar-refractivity contribution in [1.82, 2.24) is 30.5 Å². The van der Waals surface area contributed by atoms with Gasteiger partial charge >= 0.3 is 6.03 Å². The van der Waals surface area contributed by atoms with Gasteiger partial charge in [-0.25, -0.2) is 4.79 Å². The third-order valence-electron chi connectivity index (χ3n) is 12.4. The van der Waals surface area contributed by atoms with E-state index in [-0.39, 0.29) is 49.3 Å². The lowest BCUT2D eigenvalue weighted by atomic mass is 9.76. The molecule has 0 aromatic heterocycles. The van der Waals surface area contributed by atoms with Crippen molar-refractivity contribution < 1.29 is 23.9 Å². The fraction of sp³-hybridized carbons (Fsp3) is 0.327. The minimum atomic E-state index is -0.729. The van der Waals surface area contributed by atoms with Crippen LogP contribution in [-0.2, 0) is 27.4 Å². The van der Waals surface area contributed by atoms with Crippen LogP contribution >= 0.6 is 0 Å². The Labute approximate surface area is 351 Å². The molecule has 2 N–H and O–H groups in total. The number of benzene rings is 5. The number of epoxide rings is 1. The maximum atomic E-state index is 14.8. The van der Waals surface area contributed by atoms with E-state index in [0.29, 0.717) is 25.9 Å². The minimum absolute atomic E-state index is 0.00945. The van der Waals surface area contributed by atoms with Crippen molar-refractivity contribution in [3.05, 3.63) is 150 Å². The molecule has 9 rings (SSSR count). The number of carbonyl (C=O) groups excluding carboxylic acids is 3. The summed E-state index contributed by atoms with van der Waals surface area (Å²) in [5.41, 5.74) is 3.69. The summed E-state index contributed by atoms with van der Waals surface area (Å²) in [6.07, 6.45) is 6.81. The van der Waals surface area contributed by atoms with Crippen LogP contribution in [0.5, 0.6) is 5.75 Å². The van der Waals surface area contributed by atoms with Crippen LogP contribution in [0.1, 0.15) is 56.4 Å². The van der Waals surface area contributed by atoms with Crippen LogP contribution in [0, 0.1) is 5.41 Å². The van der Waals surface area contributed by atoms with Gasteiger partial charge in [0.25, 0.3) is 0 Å². The molecule has 5 aromatic carbocycles. The predicted octanol–water partition coefficient (Wildman–Crippen LogP) is 7.65. The highest BCUT2D eigenvalue weighted by atomic mass is 16.6. The molecule has 3 fully saturated rings. The van der Waals surface area contributed by atoms with Gasteiger partial charge in [-0.2, -0.15) is 5.01 Å². The fourth-order valence-electron chi connectivity index (χ4n) is 9.24. The van der Waals surface area contributed by atoms with Gasteiger partial charge in [0.1, 0.15) is 24.1 Å². The van der Waals surface area contributed by atoms with Gasteiger partial charge in [0.15, 0.2) is 6.23 Å². The lowest BCUT2D eigenvalue weighted by Crippen LogP contribution is -2.66. The van der Waals surface area contributed by atoms with Crippen molar-refractivity contribution in [1.29, 1.82) is 0 Å². The van der Waals surface area contributed by atoms with Gasteiger partial charge < -0.3 is 29.9 Å². The van der Waals surface area contributed by atoms with E-state index in [1.54, 1.807) is 17.0 Å². The number of ether oxygens (including phenoxy) is 2. The molecule has 11 heteroatoms. The number of nitrogens with one attached hydrogen (secondary N) is 2. The van der Waals surface area contributed by atoms with E-state index in [0.717, 1.165) is 33.3 Å². The summed E-state index contributed by atoms with van der Waals surface area (Å²) in [6, 6.07) is 35.3. The number of methoxy groups -OCH3 is 1. The number of urea groups is 1. The van der Waals surface area contributed by atoms with E-state index >= 15 is 0 Å². The Balaban J connectivity index is 0.950. The number of hydrazine groups is 1. The molecule has 1 aliphatic carbocycles. The van der Waals surface area contributed by atoms with Crippen LogP contribution in [0.25, 0.3) is 21.5 Å². The van der Waals surface area contributed by atoms with Crippen LogP contribution in [0.2, 0.25) is 0 Å². The molecular weight excluding hydrogens is 753 g/mol. The molecule has 4 aliphatic rings. The maximum absolute atomic E-state index is 14.8. The molecule has 0 radical (unpaired) electrons. The fourth-order valence-corrected chi connectivity index (χ4v) is 9.24. The largest absolute Gasteiger partial charge is 0.497 e. The molecule has 3 saturated heterocycles. The van der Waals surface area contributed by atoms with Crippen LogP contribution in [0.3, 0.4) is 0 Å². The number of carbonyl (C=O) groups is 3. The first kappa shape index (κ1) is 39.3. The standard InChI is InChI=1S/C49H52N6O5/c1-32(2)55(48(58)50-28-33-19-21-38(59-4)22-20-33)53-31-44(56)54-42(47(57)52(30-43(53)54)29-36-15-9-13-34-11-5-7-16-39(34)36)27-49(3)25-23-37(24-26-49)51-46-45(60-46)41-18-10-14-35-12-6-8-17-40(35)41/h5-25,32,42-43,45-46,51H,26-31H2,1-4H3,(H,50,58)/t42-,43+,45?,46?,49?/m0/s1. The Morgan fingerprint density at radius 2 is 1.62 bits per heavy atom. The first-order valence-electron chi connectivity index (χ1n) is 20.9. The van der Waals surface area contributed by atoms with Crippen LogP contribution < -0.4 is 15.4 Å². The number of fused-ring (bicyclic) bond motifs is 3. The second-order valence-electron chi connectivity index (χ2n) is 16.9. The first-order chi connectivity index (χ1) is 29.1. The van der Waals surface area contributed by atoms with Gasteiger partial charge in [-0.3, -0.25) is 14.6 Å². The predicted molar refractivity (Wildman–Crippen MR) is 232 cm³/mol. The summed E-state index contributed by atoms with van der Waals surface area (Å²) < 4.78 is 11.4. The molecule has 3 unspecified atom stereocenters. The summed E-state index contributed by atoms with van der Waals surface area (Å²) in [4.78, 5) is 46.8. The molecule has 11 nitrogen and oxygen atoms in total. The number of allylic oxidation sites excluding steroid dienone is 3. The van der Waals surface area contributed by atoms with Gasteiger partial charge in [-0.1, -0.05) is 116 Å².